The van der Waals surface area contributed by atoms with Gasteiger partial charge in [0.25, 0.3) is 11.2 Å². The zero-order valence-electron chi connectivity index (χ0n) is 16.7. The van der Waals surface area contributed by atoms with E-state index in [0.29, 0.717) is 37.1 Å². The van der Waals surface area contributed by atoms with Gasteiger partial charge in [-0.15, -0.1) is 0 Å². The number of nitro groups is 1. The first kappa shape index (κ1) is 20.3. The summed E-state index contributed by atoms with van der Waals surface area (Å²) < 4.78 is 1.06. The van der Waals surface area contributed by atoms with Crippen molar-refractivity contribution in [1.29, 1.82) is 0 Å². The third-order valence-corrected chi connectivity index (χ3v) is 5.50. The summed E-state index contributed by atoms with van der Waals surface area (Å²) in [5, 5.41) is 11.2. The van der Waals surface area contributed by atoms with Crippen LogP contribution in [0.15, 0.2) is 58.1 Å². The van der Waals surface area contributed by atoms with Crippen molar-refractivity contribution >= 4 is 28.2 Å². The third kappa shape index (κ3) is 4.18. The van der Waals surface area contributed by atoms with E-state index in [1.54, 1.807) is 41.3 Å². The molecule has 10 heteroatoms. The molecule has 160 valence electrons. The predicted octanol–water partition coefficient (Wildman–Crippen LogP) is 1.34. The second kappa shape index (κ2) is 8.42. The molecule has 0 atom stereocenters. The van der Waals surface area contributed by atoms with Crippen LogP contribution in [0.1, 0.15) is 6.42 Å². The normalized spacial score (nSPS) is 14.1. The molecule has 1 fully saturated rings. The lowest BCUT2D eigenvalue weighted by Gasteiger charge is -2.36. The van der Waals surface area contributed by atoms with Gasteiger partial charge >= 0.3 is 5.69 Å². The predicted molar refractivity (Wildman–Crippen MR) is 115 cm³/mol. The van der Waals surface area contributed by atoms with Crippen LogP contribution < -0.4 is 16.1 Å². The first-order valence-corrected chi connectivity index (χ1v) is 9.93. The van der Waals surface area contributed by atoms with Gasteiger partial charge in [0.05, 0.1) is 15.8 Å². The molecule has 0 unspecified atom stereocenters. The average molecular weight is 423 g/mol. The van der Waals surface area contributed by atoms with E-state index in [2.05, 4.69) is 9.88 Å². The van der Waals surface area contributed by atoms with Crippen LogP contribution >= 0.6 is 0 Å². The number of carbonyl (C=O) groups is 1. The highest BCUT2D eigenvalue weighted by molar-refractivity contribution is 5.78. The molecule has 1 aromatic heterocycles. The number of aromatic nitrogens is 2. The number of hydrogen-bond donors (Lipinski definition) is 1. The smallest absolute Gasteiger partial charge is 0.328 e. The van der Waals surface area contributed by atoms with Crippen molar-refractivity contribution in [1.82, 2.24) is 14.5 Å². The summed E-state index contributed by atoms with van der Waals surface area (Å²) in [6, 6.07) is 13.1. The van der Waals surface area contributed by atoms with Gasteiger partial charge < -0.3 is 14.8 Å². The molecule has 2 heterocycles. The van der Waals surface area contributed by atoms with Crippen molar-refractivity contribution in [3.05, 3.63) is 79.5 Å². The van der Waals surface area contributed by atoms with E-state index in [0.717, 1.165) is 10.3 Å². The number of nitrogens with one attached hydrogen (secondary N) is 1. The number of amides is 1. The molecule has 2 aromatic carbocycles. The minimum absolute atomic E-state index is 0.0143. The minimum atomic E-state index is -0.528. The Hall–Kier alpha value is -3.95. The van der Waals surface area contributed by atoms with Crippen molar-refractivity contribution in [2.75, 3.05) is 31.1 Å². The summed E-state index contributed by atoms with van der Waals surface area (Å²) in [6.45, 7) is 2.21. The molecule has 1 saturated heterocycles. The molecule has 3 aromatic rings. The Morgan fingerprint density at radius 3 is 2.35 bits per heavy atom. The first-order valence-electron chi connectivity index (χ1n) is 9.93. The molecule has 1 amide bonds. The summed E-state index contributed by atoms with van der Waals surface area (Å²) >= 11 is 0. The molecule has 1 aliphatic rings. The molecular formula is C21H21N5O5. The fourth-order valence-electron chi connectivity index (χ4n) is 3.77. The maximum absolute atomic E-state index is 12.6. The van der Waals surface area contributed by atoms with Crippen LogP contribution in [0, 0.1) is 10.1 Å². The Morgan fingerprint density at radius 2 is 1.68 bits per heavy atom. The van der Waals surface area contributed by atoms with Gasteiger partial charge in [-0.2, -0.15) is 0 Å². The number of non-ortho nitro benzene ring substituents is 1. The third-order valence-electron chi connectivity index (χ3n) is 5.50. The summed E-state index contributed by atoms with van der Waals surface area (Å²) in [5.41, 5.74) is 0.445. The number of para-hydroxylation sites is 1. The van der Waals surface area contributed by atoms with Gasteiger partial charge in [-0.3, -0.25) is 24.3 Å². The lowest BCUT2D eigenvalue weighted by atomic mass is 10.2. The summed E-state index contributed by atoms with van der Waals surface area (Å²) in [6.07, 6.45) is 0.0544. The number of rotatable bonds is 5. The molecule has 0 bridgehead atoms. The van der Waals surface area contributed by atoms with Gasteiger partial charge in [0.15, 0.2) is 0 Å². The fraction of sp³-hybridized carbons (Fsp3) is 0.286. The SMILES string of the molecule is O=C(CCn1c(=O)[nH]c2ccccc2c1=O)N1CCN(c2ccc([N+](=O)[O-])cc2)CC1. The molecular weight excluding hydrogens is 402 g/mol. The number of nitrogens with zero attached hydrogens (tertiary/aromatic N) is 4. The Kier molecular flexibility index (Phi) is 5.52. The van der Waals surface area contributed by atoms with E-state index in [9.17, 15) is 24.5 Å². The van der Waals surface area contributed by atoms with Crippen LogP contribution in [0.4, 0.5) is 11.4 Å². The van der Waals surface area contributed by atoms with E-state index in [4.69, 9.17) is 0 Å². The van der Waals surface area contributed by atoms with Crippen molar-refractivity contribution in [2.24, 2.45) is 0 Å². The number of hydrogen-bond acceptors (Lipinski definition) is 6. The van der Waals surface area contributed by atoms with Gasteiger partial charge in [0.1, 0.15) is 0 Å². The number of carbonyl (C=O) groups excluding carboxylic acids is 1. The molecule has 1 N–H and O–H groups in total. The Morgan fingerprint density at radius 1 is 1.00 bits per heavy atom. The zero-order valence-corrected chi connectivity index (χ0v) is 16.7. The van der Waals surface area contributed by atoms with Gasteiger partial charge in [-0.25, -0.2) is 4.79 Å². The van der Waals surface area contributed by atoms with Crippen LogP contribution in [0.25, 0.3) is 10.9 Å². The van der Waals surface area contributed by atoms with Gasteiger partial charge in [0, 0.05) is 57.0 Å². The first-order chi connectivity index (χ1) is 14.9. The maximum Gasteiger partial charge on any atom is 0.328 e. The van der Waals surface area contributed by atoms with Crippen molar-refractivity contribution in [2.45, 2.75) is 13.0 Å². The van der Waals surface area contributed by atoms with Gasteiger partial charge in [-0.1, -0.05) is 12.1 Å². The van der Waals surface area contributed by atoms with Crippen molar-refractivity contribution in [3.8, 4) is 0 Å². The molecule has 0 aliphatic carbocycles. The fourth-order valence-corrected chi connectivity index (χ4v) is 3.77. The lowest BCUT2D eigenvalue weighted by molar-refractivity contribution is -0.384. The summed E-state index contributed by atoms with van der Waals surface area (Å²) in [7, 11) is 0. The standard InChI is InChI=1S/C21H21N5O5/c27-19(9-10-25-20(28)17-3-1-2-4-18(17)22-21(25)29)24-13-11-23(12-14-24)15-5-7-16(8-6-15)26(30)31/h1-8H,9-14H2,(H,22,29). The topological polar surface area (TPSA) is 122 Å². The monoisotopic (exact) mass is 423 g/mol. The highest BCUT2D eigenvalue weighted by atomic mass is 16.6. The van der Waals surface area contributed by atoms with E-state index in [-0.39, 0.29) is 24.6 Å². The van der Waals surface area contributed by atoms with E-state index < -0.39 is 16.2 Å². The van der Waals surface area contributed by atoms with Gasteiger partial charge in [0.2, 0.25) is 5.91 Å². The second-order valence-corrected chi connectivity index (χ2v) is 7.32. The largest absolute Gasteiger partial charge is 0.368 e. The number of anilines is 1. The van der Waals surface area contributed by atoms with Crippen LogP contribution in [0.3, 0.4) is 0 Å². The molecule has 0 saturated carbocycles. The molecule has 31 heavy (non-hydrogen) atoms. The Bertz CT molecular complexity index is 1240. The lowest BCUT2D eigenvalue weighted by Crippen LogP contribution is -2.49. The van der Waals surface area contributed by atoms with Crippen molar-refractivity contribution in [3.63, 3.8) is 0 Å². The number of H-pyrrole nitrogens is 1. The second-order valence-electron chi connectivity index (χ2n) is 7.32. The zero-order chi connectivity index (χ0) is 22.0. The number of nitro benzene ring substituents is 1. The molecule has 0 radical (unpaired) electrons. The van der Waals surface area contributed by atoms with Crippen LogP contribution in [-0.2, 0) is 11.3 Å². The summed E-state index contributed by atoms with van der Waals surface area (Å²) in [4.78, 5) is 54.2. The van der Waals surface area contributed by atoms with E-state index in [1.807, 2.05) is 0 Å². The van der Waals surface area contributed by atoms with Crippen LogP contribution in [0.5, 0.6) is 0 Å². The molecule has 4 rings (SSSR count). The number of piperazine rings is 1. The molecule has 1 aliphatic heterocycles. The van der Waals surface area contributed by atoms with E-state index in [1.165, 1.54) is 12.1 Å². The quantitative estimate of drug-likeness (QED) is 0.488. The van der Waals surface area contributed by atoms with Crippen molar-refractivity contribution < 1.29 is 9.72 Å². The van der Waals surface area contributed by atoms with Crippen LogP contribution in [-0.4, -0.2) is 51.5 Å². The number of aromatic amines is 1. The number of fused-ring (bicyclic) bond motifs is 1. The maximum atomic E-state index is 12.6. The highest BCUT2D eigenvalue weighted by Gasteiger charge is 2.22. The Balaban J connectivity index is 1.37. The molecule has 0 spiro atoms. The van der Waals surface area contributed by atoms with Gasteiger partial charge in [-0.05, 0) is 24.3 Å². The average Bonchev–Trinajstić information content (AvgIpc) is 2.79. The highest BCUT2D eigenvalue weighted by Crippen LogP contribution is 2.20. The van der Waals surface area contributed by atoms with E-state index >= 15 is 0 Å². The summed E-state index contributed by atoms with van der Waals surface area (Å²) in [5.74, 6) is -0.122. The van der Waals surface area contributed by atoms with Crippen LogP contribution in [0.2, 0.25) is 0 Å². The number of benzene rings is 2. The Labute approximate surface area is 176 Å². The molecule has 10 nitrogen and oxygen atoms in total. The minimum Gasteiger partial charge on any atom is -0.368 e.